The molecule has 0 rings (SSSR count). The Kier molecular flexibility index (Phi) is 5.06. The monoisotopic (exact) mass is 189 g/mol. The Labute approximate surface area is 76.9 Å². The molecular weight excluding hydrogens is 174 g/mol. The van der Waals surface area contributed by atoms with Gasteiger partial charge in [-0.25, -0.2) is 0 Å². The summed E-state index contributed by atoms with van der Waals surface area (Å²) in [5, 5.41) is 8.47. The lowest BCUT2D eigenvalue weighted by Gasteiger charge is -2.12. The van der Waals surface area contributed by atoms with E-state index >= 15 is 0 Å². The third-order valence-electron chi connectivity index (χ3n) is 1.61. The van der Waals surface area contributed by atoms with Crippen LogP contribution in [-0.2, 0) is 14.3 Å². The fourth-order valence-electron chi connectivity index (χ4n) is 0.862. The van der Waals surface area contributed by atoms with Gasteiger partial charge in [0, 0.05) is 0 Å². The predicted molar refractivity (Wildman–Crippen MR) is 46.0 cm³/mol. The van der Waals surface area contributed by atoms with Crippen molar-refractivity contribution in [3.05, 3.63) is 0 Å². The van der Waals surface area contributed by atoms with E-state index in [4.69, 9.17) is 15.6 Å². The lowest BCUT2D eigenvalue weighted by molar-refractivity contribution is -0.148. The normalized spacial score (nSPS) is 14.7. The first-order valence-electron chi connectivity index (χ1n) is 4.14. The number of aliphatic carboxylic acids is 1. The van der Waals surface area contributed by atoms with Gasteiger partial charge in [0.2, 0.25) is 0 Å². The smallest absolute Gasteiger partial charge is 0.320 e. The van der Waals surface area contributed by atoms with Gasteiger partial charge in [-0.3, -0.25) is 9.59 Å². The van der Waals surface area contributed by atoms with Crippen LogP contribution in [0.1, 0.15) is 20.3 Å². The fraction of sp³-hybridized carbons (Fsp3) is 0.750. The molecule has 0 aliphatic rings. The second-order valence-electron chi connectivity index (χ2n) is 2.83. The van der Waals surface area contributed by atoms with Gasteiger partial charge in [0.1, 0.15) is 6.04 Å². The van der Waals surface area contributed by atoms with Crippen molar-refractivity contribution in [2.75, 3.05) is 6.61 Å². The van der Waals surface area contributed by atoms with Gasteiger partial charge >= 0.3 is 11.9 Å². The molecule has 0 saturated carbocycles. The molecule has 0 aromatic rings. The molecule has 5 heteroatoms. The lowest BCUT2D eigenvalue weighted by Crippen LogP contribution is -2.34. The average Bonchev–Trinajstić information content (AvgIpc) is 2.04. The molecule has 0 aliphatic heterocycles. The second kappa shape index (κ2) is 5.53. The molecule has 13 heavy (non-hydrogen) atoms. The van der Waals surface area contributed by atoms with E-state index in [1.54, 1.807) is 13.8 Å². The summed E-state index contributed by atoms with van der Waals surface area (Å²) in [5.41, 5.74) is 5.24. The van der Waals surface area contributed by atoms with Crippen LogP contribution in [0.2, 0.25) is 0 Å². The van der Waals surface area contributed by atoms with Crippen LogP contribution in [0, 0.1) is 5.92 Å². The van der Waals surface area contributed by atoms with Gasteiger partial charge in [-0.15, -0.1) is 0 Å². The highest BCUT2D eigenvalue weighted by atomic mass is 16.5. The molecule has 0 saturated heterocycles. The Morgan fingerprint density at radius 3 is 2.46 bits per heavy atom. The lowest BCUT2D eigenvalue weighted by atomic mass is 10.0. The third-order valence-corrected chi connectivity index (χ3v) is 1.61. The minimum atomic E-state index is -1.10. The van der Waals surface area contributed by atoms with Crippen molar-refractivity contribution >= 4 is 11.9 Å². The van der Waals surface area contributed by atoms with Gasteiger partial charge in [0.05, 0.1) is 12.5 Å². The summed E-state index contributed by atoms with van der Waals surface area (Å²) in [4.78, 5) is 21.4. The van der Waals surface area contributed by atoms with Crippen LogP contribution in [0.5, 0.6) is 0 Å². The summed E-state index contributed by atoms with van der Waals surface area (Å²) in [6.07, 6.45) is 0.105. The molecule has 0 unspecified atom stereocenters. The van der Waals surface area contributed by atoms with Gasteiger partial charge in [0.25, 0.3) is 0 Å². The molecule has 0 bridgehead atoms. The molecule has 5 nitrogen and oxygen atoms in total. The summed E-state index contributed by atoms with van der Waals surface area (Å²) >= 11 is 0. The zero-order chi connectivity index (χ0) is 10.4. The van der Waals surface area contributed by atoms with Crippen LogP contribution < -0.4 is 5.73 Å². The highest BCUT2D eigenvalue weighted by Crippen LogP contribution is 2.06. The van der Waals surface area contributed by atoms with Gasteiger partial charge < -0.3 is 15.6 Å². The SMILES string of the molecule is CCOC(=O)[C@H](C)C[C@@H](N)C(=O)O. The van der Waals surface area contributed by atoms with E-state index in [1.807, 2.05) is 0 Å². The Morgan fingerprint density at radius 1 is 1.54 bits per heavy atom. The van der Waals surface area contributed by atoms with Crippen molar-refractivity contribution in [2.24, 2.45) is 11.7 Å². The third kappa shape index (κ3) is 4.47. The summed E-state index contributed by atoms with van der Waals surface area (Å²) in [5.74, 6) is -1.97. The van der Waals surface area contributed by atoms with Gasteiger partial charge in [-0.2, -0.15) is 0 Å². The molecule has 0 spiro atoms. The predicted octanol–water partition coefficient (Wildman–Crippen LogP) is -0.0124. The van der Waals surface area contributed by atoms with Crippen molar-refractivity contribution in [1.82, 2.24) is 0 Å². The zero-order valence-electron chi connectivity index (χ0n) is 7.82. The van der Waals surface area contributed by atoms with Crippen LogP contribution >= 0.6 is 0 Å². The molecule has 0 aromatic heterocycles. The van der Waals surface area contributed by atoms with Crippen LogP contribution in [0.4, 0.5) is 0 Å². The van der Waals surface area contributed by atoms with E-state index < -0.39 is 23.9 Å². The number of hydrogen-bond donors (Lipinski definition) is 2. The molecular formula is C8H15NO4. The topological polar surface area (TPSA) is 89.6 Å². The van der Waals surface area contributed by atoms with Crippen LogP contribution in [-0.4, -0.2) is 29.7 Å². The summed E-state index contributed by atoms with van der Waals surface area (Å²) in [6, 6.07) is -1.00. The molecule has 3 N–H and O–H groups in total. The first-order valence-corrected chi connectivity index (χ1v) is 4.14. The number of nitrogens with two attached hydrogens (primary N) is 1. The highest BCUT2D eigenvalue weighted by molar-refractivity contribution is 5.76. The molecule has 0 radical (unpaired) electrons. The minimum Gasteiger partial charge on any atom is -0.480 e. The zero-order valence-corrected chi connectivity index (χ0v) is 7.82. The van der Waals surface area contributed by atoms with Crippen molar-refractivity contribution in [1.29, 1.82) is 0 Å². The molecule has 0 fully saturated rings. The molecule has 2 atom stereocenters. The summed E-state index contributed by atoms with van der Waals surface area (Å²) < 4.78 is 4.70. The molecule has 0 amide bonds. The van der Waals surface area contributed by atoms with E-state index in [2.05, 4.69) is 0 Å². The van der Waals surface area contributed by atoms with E-state index in [-0.39, 0.29) is 6.42 Å². The van der Waals surface area contributed by atoms with Gasteiger partial charge in [0.15, 0.2) is 0 Å². The summed E-state index contributed by atoms with van der Waals surface area (Å²) in [6.45, 7) is 3.59. The maximum atomic E-state index is 11.0. The molecule has 0 heterocycles. The van der Waals surface area contributed by atoms with E-state index in [0.717, 1.165) is 0 Å². The number of carboxylic acids is 1. The highest BCUT2D eigenvalue weighted by Gasteiger charge is 2.21. The molecule has 0 aliphatic carbocycles. The Balaban J connectivity index is 3.92. The average molecular weight is 189 g/mol. The van der Waals surface area contributed by atoms with E-state index in [1.165, 1.54) is 0 Å². The summed E-state index contributed by atoms with van der Waals surface area (Å²) in [7, 11) is 0. The number of hydrogen-bond acceptors (Lipinski definition) is 4. The van der Waals surface area contributed by atoms with E-state index in [0.29, 0.717) is 6.61 Å². The Morgan fingerprint density at radius 2 is 2.08 bits per heavy atom. The number of carbonyl (C=O) groups excluding carboxylic acids is 1. The van der Waals surface area contributed by atoms with Crippen molar-refractivity contribution < 1.29 is 19.4 Å². The quantitative estimate of drug-likeness (QED) is 0.593. The maximum Gasteiger partial charge on any atom is 0.320 e. The van der Waals surface area contributed by atoms with Crippen molar-refractivity contribution in [3.8, 4) is 0 Å². The van der Waals surface area contributed by atoms with Crippen molar-refractivity contribution in [3.63, 3.8) is 0 Å². The standard InChI is InChI=1S/C8H15NO4/c1-3-13-8(12)5(2)4-6(9)7(10)11/h5-6H,3-4,9H2,1-2H3,(H,10,11)/t5-,6-/m1/s1. The molecule has 0 aromatic carbocycles. The largest absolute Gasteiger partial charge is 0.480 e. The van der Waals surface area contributed by atoms with Crippen LogP contribution in [0.25, 0.3) is 0 Å². The minimum absolute atomic E-state index is 0.105. The van der Waals surface area contributed by atoms with E-state index in [9.17, 15) is 9.59 Å². The van der Waals surface area contributed by atoms with Crippen molar-refractivity contribution in [2.45, 2.75) is 26.3 Å². The van der Waals surface area contributed by atoms with Gasteiger partial charge in [-0.1, -0.05) is 6.92 Å². The fourth-order valence-corrected chi connectivity index (χ4v) is 0.862. The number of rotatable bonds is 5. The maximum absolute atomic E-state index is 11.0. The first kappa shape index (κ1) is 11.9. The number of esters is 1. The second-order valence-corrected chi connectivity index (χ2v) is 2.83. The Hall–Kier alpha value is -1.10. The number of carbonyl (C=O) groups is 2. The van der Waals surface area contributed by atoms with Crippen LogP contribution in [0.3, 0.4) is 0 Å². The Bertz CT molecular complexity index is 193. The molecule has 76 valence electrons. The van der Waals surface area contributed by atoms with Gasteiger partial charge in [-0.05, 0) is 13.3 Å². The first-order chi connectivity index (χ1) is 5.99. The number of carboxylic acid groups (broad SMARTS) is 1. The van der Waals surface area contributed by atoms with Crippen LogP contribution in [0.15, 0.2) is 0 Å². The number of ether oxygens (including phenoxy) is 1.